The summed E-state index contributed by atoms with van der Waals surface area (Å²) in [6, 6.07) is 16.1. The topological polar surface area (TPSA) is 39.2 Å². The number of aromatic nitrogens is 1. The van der Waals surface area contributed by atoms with Gasteiger partial charge in [-0.2, -0.15) is 0 Å². The third-order valence-corrected chi connectivity index (χ3v) is 3.38. The van der Waals surface area contributed by atoms with Gasteiger partial charge in [-0.3, -0.25) is 9.78 Å². The van der Waals surface area contributed by atoms with Crippen LogP contribution in [0.4, 0.5) is 0 Å². The minimum Gasteiger partial charge on any atom is -0.485 e. The molecule has 0 aliphatic heterocycles. The number of rotatable bonds is 4. The largest absolute Gasteiger partial charge is 0.485 e. The number of halogens is 1. The second kappa shape index (κ2) is 5.94. The van der Waals surface area contributed by atoms with Crippen LogP contribution >= 0.6 is 11.6 Å². The molecule has 1 aromatic heterocycles. The zero-order valence-electron chi connectivity index (χ0n) is 11.1. The fourth-order valence-electron chi connectivity index (χ4n) is 2.10. The van der Waals surface area contributed by atoms with Gasteiger partial charge in [0, 0.05) is 22.2 Å². The highest BCUT2D eigenvalue weighted by Gasteiger charge is 2.11. The van der Waals surface area contributed by atoms with E-state index in [0.29, 0.717) is 16.3 Å². The zero-order chi connectivity index (χ0) is 14.7. The van der Waals surface area contributed by atoms with Crippen LogP contribution in [0.15, 0.2) is 60.8 Å². The number of hydrogen-bond acceptors (Lipinski definition) is 3. The molecule has 0 fully saturated rings. The number of pyridine rings is 1. The van der Waals surface area contributed by atoms with Gasteiger partial charge in [-0.25, -0.2) is 0 Å². The standard InChI is InChI=1S/C17H12ClNO2/c18-12-6-8-13(9-7-12)21-11-17(20)15-3-1-5-16-14(15)4-2-10-19-16/h1-10H,11H2. The number of carbonyl (C=O) groups excluding carboxylic acids is 1. The molecule has 0 saturated carbocycles. The summed E-state index contributed by atoms with van der Waals surface area (Å²) >= 11 is 5.81. The second-order valence-electron chi connectivity index (χ2n) is 4.54. The molecule has 3 nitrogen and oxygen atoms in total. The molecule has 0 N–H and O–H groups in total. The molecule has 0 amide bonds. The molecule has 3 aromatic rings. The molecule has 0 radical (unpaired) electrons. The maximum absolute atomic E-state index is 12.3. The van der Waals surface area contributed by atoms with Crippen LogP contribution in [-0.2, 0) is 0 Å². The van der Waals surface area contributed by atoms with Crippen molar-refractivity contribution in [3.05, 3.63) is 71.4 Å². The molecule has 0 aliphatic carbocycles. The van der Waals surface area contributed by atoms with E-state index < -0.39 is 0 Å². The van der Waals surface area contributed by atoms with E-state index in [0.717, 1.165) is 10.9 Å². The Hall–Kier alpha value is -2.39. The van der Waals surface area contributed by atoms with Gasteiger partial charge in [0.05, 0.1) is 5.52 Å². The number of ketones is 1. The van der Waals surface area contributed by atoms with Crippen molar-refractivity contribution < 1.29 is 9.53 Å². The summed E-state index contributed by atoms with van der Waals surface area (Å²) in [7, 11) is 0. The van der Waals surface area contributed by atoms with Gasteiger partial charge < -0.3 is 4.74 Å². The van der Waals surface area contributed by atoms with Crippen LogP contribution < -0.4 is 4.74 Å². The molecule has 0 aliphatic rings. The summed E-state index contributed by atoms with van der Waals surface area (Å²) in [5, 5.41) is 1.47. The van der Waals surface area contributed by atoms with E-state index in [9.17, 15) is 4.79 Å². The number of nitrogens with zero attached hydrogens (tertiary/aromatic N) is 1. The first-order valence-electron chi connectivity index (χ1n) is 6.49. The average molecular weight is 298 g/mol. The Kier molecular flexibility index (Phi) is 3.84. The molecule has 0 unspecified atom stereocenters. The lowest BCUT2D eigenvalue weighted by atomic mass is 10.1. The Morgan fingerprint density at radius 2 is 1.86 bits per heavy atom. The first-order chi connectivity index (χ1) is 10.2. The number of benzene rings is 2. The molecule has 104 valence electrons. The van der Waals surface area contributed by atoms with E-state index in [2.05, 4.69) is 4.98 Å². The molecule has 0 atom stereocenters. The Morgan fingerprint density at radius 1 is 1.05 bits per heavy atom. The first-order valence-corrected chi connectivity index (χ1v) is 6.87. The molecule has 0 spiro atoms. The van der Waals surface area contributed by atoms with E-state index in [1.165, 1.54) is 0 Å². The van der Waals surface area contributed by atoms with Crippen LogP contribution in [-0.4, -0.2) is 17.4 Å². The molecule has 0 bridgehead atoms. The highest BCUT2D eigenvalue weighted by atomic mass is 35.5. The summed E-state index contributed by atoms with van der Waals surface area (Å²) < 4.78 is 5.50. The summed E-state index contributed by atoms with van der Waals surface area (Å²) in [4.78, 5) is 16.6. The summed E-state index contributed by atoms with van der Waals surface area (Å²) in [6.07, 6.45) is 1.71. The second-order valence-corrected chi connectivity index (χ2v) is 4.98. The molecular weight excluding hydrogens is 286 g/mol. The van der Waals surface area contributed by atoms with Crippen LogP contribution in [0, 0.1) is 0 Å². The van der Waals surface area contributed by atoms with Crippen molar-refractivity contribution in [1.29, 1.82) is 0 Å². The number of ether oxygens (including phenoxy) is 1. The predicted octanol–water partition coefficient (Wildman–Crippen LogP) is 4.15. The van der Waals surface area contributed by atoms with Crippen LogP contribution in [0.25, 0.3) is 10.9 Å². The molecule has 21 heavy (non-hydrogen) atoms. The lowest BCUT2D eigenvalue weighted by molar-refractivity contribution is 0.0923. The monoisotopic (exact) mass is 297 g/mol. The molecule has 4 heteroatoms. The summed E-state index contributed by atoms with van der Waals surface area (Å²) in [6.45, 7) is -0.0182. The van der Waals surface area contributed by atoms with Crippen molar-refractivity contribution >= 4 is 28.3 Å². The molecule has 0 saturated heterocycles. The summed E-state index contributed by atoms with van der Waals surface area (Å²) in [5.41, 5.74) is 1.42. The quantitative estimate of drug-likeness (QED) is 0.679. The number of carbonyl (C=O) groups is 1. The van der Waals surface area contributed by atoms with Gasteiger partial charge >= 0.3 is 0 Å². The lowest BCUT2D eigenvalue weighted by Gasteiger charge is -2.07. The molecule has 3 rings (SSSR count). The fraction of sp³-hybridized carbons (Fsp3) is 0.0588. The van der Waals surface area contributed by atoms with Gasteiger partial charge in [-0.15, -0.1) is 0 Å². The van der Waals surface area contributed by atoms with Crippen molar-refractivity contribution in [1.82, 2.24) is 4.98 Å². The molecule has 1 heterocycles. The van der Waals surface area contributed by atoms with Crippen molar-refractivity contribution in [3.8, 4) is 5.75 Å². The number of hydrogen-bond donors (Lipinski definition) is 0. The van der Waals surface area contributed by atoms with E-state index in [1.54, 1.807) is 36.5 Å². The van der Waals surface area contributed by atoms with Crippen molar-refractivity contribution in [2.75, 3.05) is 6.61 Å². The third kappa shape index (κ3) is 3.03. The van der Waals surface area contributed by atoms with E-state index in [1.807, 2.05) is 24.3 Å². The smallest absolute Gasteiger partial charge is 0.200 e. The van der Waals surface area contributed by atoms with Crippen molar-refractivity contribution in [2.24, 2.45) is 0 Å². The van der Waals surface area contributed by atoms with Gasteiger partial charge in [0.15, 0.2) is 6.61 Å². The van der Waals surface area contributed by atoms with Gasteiger partial charge in [0.1, 0.15) is 5.75 Å². The van der Waals surface area contributed by atoms with E-state index in [4.69, 9.17) is 16.3 Å². The minimum absolute atomic E-state index is 0.0182. The minimum atomic E-state index is -0.0800. The van der Waals surface area contributed by atoms with E-state index >= 15 is 0 Å². The zero-order valence-corrected chi connectivity index (χ0v) is 11.9. The van der Waals surface area contributed by atoms with Gasteiger partial charge in [-0.05, 0) is 36.4 Å². The Bertz CT molecular complexity index is 779. The third-order valence-electron chi connectivity index (χ3n) is 3.13. The number of Topliss-reactive ketones (excluding diaryl/α,β-unsaturated/α-hetero) is 1. The van der Waals surface area contributed by atoms with Crippen LogP contribution in [0.2, 0.25) is 5.02 Å². The lowest BCUT2D eigenvalue weighted by Crippen LogP contribution is -2.12. The van der Waals surface area contributed by atoms with Crippen molar-refractivity contribution in [3.63, 3.8) is 0 Å². The Balaban J connectivity index is 1.79. The van der Waals surface area contributed by atoms with Crippen LogP contribution in [0.5, 0.6) is 5.75 Å². The maximum atomic E-state index is 12.3. The normalized spacial score (nSPS) is 10.5. The molecule has 2 aromatic carbocycles. The van der Waals surface area contributed by atoms with Gasteiger partial charge in [-0.1, -0.05) is 29.8 Å². The predicted molar refractivity (Wildman–Crippen MR) is 83.0 cm³/mol. The van der Waals surface area contributed by atoms with E-state index in [-0.39, 0.29) is 12.4 Å². The SMILES string of the molecule is O=C(COc1ccc(Cl)cc1)c1cccc2ncccc12. The van der Waals surface area contributed by atoms with Crippen LogP contribution in [0.1, 0.15) is 10.4 Å². The Morgan fingerprint density at radius 3 is 2.67 bits per heavy atom. The average Bonchev–Trinajstić information content (AvgIpc) is 2.53. The van der Waals surface area contributed by atoms with Gasteiger partial charge in [0.25, 0.3) is 0 Å². The Labute approximate surface area is 127 Å². The van der Waals surface area contributed by atoms with Gasteiger partial charge in [0.2, 0.25) is 5.78 Å². The first kappa shape index (κ1) is 13.6. The number of fused-ring (bicyclic) bond motifs is 1. The van der Waals surface area contributed by atoms with Crippen molar-refractivity contribution in [2.45, 2.75) is 0 Å². The molecular formula is C17H12ClNO2. The maximum Gasteiger partial charge on any atom is 0.200 e. The fourth-order valence-corrected chi connectivity index (χ4v) is 2.23. The highest BCUT2D eigenvalue weighted by Crippen LogP contribution is 2.19. The van der Waals surface area contributed by atoms with Crippen LogP contribution in [0.3, 0.4) is 0 Å². The highest BCUT2D eigenvalue weighted by molar-refractivity contribution is 6.30. The summed E-state index contributed by atoms with van der Waals surface area (Å²) in [5.74, 6) is 0.537.